The highest BCUT2D eigenvalue weighted by Crippen LogP contribution is 1.77. The van der Waals surface area contributed by atoms with Crippen LogP contribution in [0.3, 0.4) is 0 Å². The van der Waals surface area contributed by atoms with E-state index in [2.05, 4.69) is 4.72 Å². The van der Waals surface area contributed by atoms with Crippen molar-refractivity contribution in [3.05, 3.63) is 0 Å². The molecule has 0 aromatic heterocycles. The van der Waals surface area contributed by atoms with Crippen molar-refractivity contribution in [2.75, 3.05) is 12.8 Å². The third-order valence-corrected chi connectivity index (χ3v) is 1.49. The van der Waals surface area contributed by atoms with Crippen molar-refractivity contribution in [2.45, 2.75) is 6.42 Å². The van der Waals surface area contributed by atoms with Crippen molar-refractivity contribution in [3.63, 3.8) is 0 Å². The van der Waals surface area contributed by atoms with Gasteiger partial charge in [-0.3, -0.25) is 5.41 Å². The number of amidine groups is 1. The summed E-state index contributed by atoms with van der Waals surface area (Å²) in [5.41, 5.74) is 4.97. The molecule has 0 bridgehead atoms. The summed E-state index contributed by atoms with van der Waals surface area (Å²) in [7, 11) is -3.12. The lowest BCUT2D eigenvalue weighted by Crippen LogP contribution is -2.26. The maximum atomic E-state index is 10.4. The third-order valence-electron chi connectivity index (χ3n) is 0.759. The molecule has 0 aromatic carbocycles. The molecule has 0 aliphatic heterocycles. The second kappa shape index (κ2) is 3.52. The van der Waals surface area contributed by atoms with Crippen molar-refractivity contribution in [1.29, 1.82) is 5.41 Å². The highest BCUT2D eigenvalue weighted by molar-refractivity contribution is 7.88. The predicted molar refractivity (Wildman–Crippen MR) is 39.4 cm³/mol. The minimum Gasteiger partial charge on any atom is -0.388 e. The number of rotatable bonds is 4. The number of nitrogens with two attached hydrogens (primary N) is 1. The van der Waals surface area contributed by atoms with Crippen LogP contribution in [0.2, 0.25) is 0 Å². The minimum absolute atomic E-state index is 0.0175. The second-order valence-electron chi connectivity index (χ2n) is 1.94. The molecule has 0 aliphatic rings. The molecule has 0 saturated heterocycles. The summed E-state index contributed by atoms with van der Waals surface area (Å²) in [4.78, 5) is 0. The SMILES string of the molecule is CS(=O)(=O)NCCC(=N)N. The molecular weight excluding hydrogens is 154 g/mol. The predicted octanol–water partition coefficient (Wildman–Crippen LogP) is -1.14. The van der Waals surface area contributed by atoms with Crippen LogP contribution in [-0.2, 0) is 10.0 Å². The Morgan fingerprint density at radius 1 is 1.70 bits per heavy atom. The zero-order chi connectivity index (χ0) is 8.20. The van der Waals surface area contributed by atoms with Gasteiger partial charge in [-0.25, -0.2) is 13.1 Å². The topological polar surface area (TPSA) is 96.0 Å². The molecule has 0 aliphatic carbocycles. The van der Waals surface area contributed by atoms with E-state index in [0.717, 1.165) is 6.26 Å². The summed E-state index contributed by atoms with van der Waals surface area (Å²) >= 11 is 0. The van der Waals surface area contributed by atoms with Crippen LogP contribution < -0.4 is 10.5 Å². The first-order valence-electron chi connectivity index (χ1n) is 2.69. The normalized spacial score (nSPS) is 11.3. The van der Waals surface area contributed by atoms with Crippen LogP contribution >= 0.6 is 0 Å². The van der Waals surface area contributed by atoms with Crippen molar-refractivity contribution < 1.29 is 8.42 Å². The smallest absolute Gasteiger partial charge is 0.208 e. The quantitative estimate of drug-likeness (QED) is 0.363. The fraction of sp³-hybridized carbons (Fsp3) is 0.750. The minimum atomic E-state index is -3.12. The van der Waals surface area contributed by atoms with Gasteiger partial charge in [-0.15, -0.1) is 0 Å². The van der Waals surface area contributed by atoms with Crippen LogP contribution in [-0.4, -0.2) is 27.1 Å². The van der Waals surface area contributed by atoms with Gasteiger partial charge in [0.05, 0.1) is 12.1 Å². The summed E-state index contributed by atoms with van der Waals surface area (Å²) < 4.78 is 23.0. The monoisotopic (exact) mass is 165 g/mol. The fourth-order valence-electron chi connectivity index (χ4n) is 0.371. The molecule has 10 heavy (non-hydrogen) atoms. The molecule has 0 aromatic rings. The molecule has 5 nitrogen and oxygen atoms in total. The van der Waals surface area contributed by atoms with E-state index >= 15 is 0 Å². The van der Waals surface area contributed by atoms with Crippen LogP contribution in [0.5, 0.6) is 0 Å². The van der Waals surface area contributed by atoms with E-state index in [4.69, 9.17) is 11.1 Å². The van der Waals surface area contributed by atoms with Gasteiger partial charge in [0.25, 0.3) is 0 Å². The maximum absolute atomic E-state index is 10.4. The van der Waals surface area contributed by atoms with Crippen molar-refractivity contribution in [1.82, 2.24) is 4.72 Å². The molecule has 0 spiro atoms. The summed E-state index contributed by atoms with van der Waals surface area (Å²) in [6.07, 6.45) is 1.32. The van der Waals surface area contributed by atoms with Crippen LogP contribution in [0.1, 0.15) is 6.42 Å². The van der Waals surface area contributed by atoms with E-state index in [1.54, 1.807) is 0 Å². The Kier molecular flexibility index (Phi) is 3.31. The highest BCUT2D eigenvalue weighted by Gasteiger charge is 1.98. The molecule has 4 N–H and O–H groups in total. The molecule has 0 heterocycles. The lowest BCUT2D eigenvalue weighted by atomic mass is 10.4. The molecular formula is C4H11N3O2S. The molecule has 60 valence electrons. The van der Waals surface area contributed by atoms with Gasteiger partial charge in [-0.05, 0) is 0 Å². The Morgan fingerprint density at radius 2 is 2.20 bits per heavy atom. The molecule has 0 unspecified atom stereocenters. The van der Waals surface area contributed by atoms with Crippen molar-refractivity contribution in [2.24, 2.45) is 5.73 Å². The van der Waals surface area contributed by atoms with Crippen LogP contribution in [0.25, 0.3) is 0 Å². The van der Waals surface area contributed by atoms with Gasteiger partial charge < -0.3 is 5.73 Å². The van der Waals surface area contributed by atoms with E-state index in [1.807, 2.05) is 0 Å². The Hall–Kier alpha value is -0.620. The Morgan fingerprint density at radius 3 is 2.50 bits per heavy atom. The third kappa shape index (κ3) is 7.38. The van der Waals surface area contributed by atoms with Gasteiger partial charge in [0, 0.05) is 13.0 Å². The lowest BCUT2D eigenvalue weighted by Gasteiger charge is -1.98. The molecule has 0 amide bonds. The van der Waals surface area contributed by atoms with Crippen LogP contribution in [0.4, 0.5) is 0 Å². The maximum Gasteiger partial charge on any atom is 0.208 e. The van der Waals surface area contributed by atoms with E-state index in [-0.39, 0.29) is 18.8 Å². The molecule has 0 radical (unpaired) electrons. The summed E-state index contributed by atoms with van der Waals surface area (Å²) in [6.45, 7) is 0.203. The molecule has 0 saturated carbocycles. The first-order chi connectivity index (χ1) is 4.42. The van der Waals surface area contributed by atoms with Crippen LogP contribution in [0, 0.1) is 5.41 Å². The summed E-state index contributed by atoms with van der Waals surface area (Å²) in [5, 5.41) is 6.75. The molecule has 0 rings (SSSR count). The number of hydrogen-bond donors (Lipinski definition) is 3. The average Bonchev–Trinajstić information content (AvgIpc) is 1.59. The first-order valence-corrected chi connectivity index (χ1v) is 4.58. The van der Waals surface area contributed by atoms with Crippen molar-refractivity contribution >= 4 is 15.9 Å². The zero-order valence-electron chi connectivity index (χ0n) is 5.72. The lowest BCUT2D eigenvalue weighted by molar-refractivity contribution is 0.589. The Balaban J connectivity index is 3.49. The second-order valence-corrected chi connectivity index (χ2v) is 3.77. The Bertz CT molecular complexity index is 209. The summed E-state index contributed by atoms with van der Waals surface area (Å²) in [6, 6.07) is 0. The highest BCUT2D eigenvalue weighted by atomic mass is 32.2. The van der Waals surface area contributed by atoms with E-state index in [0.29, 0.717) is 0 Å². The molecule has 0 fully saturated rings. The average molecular weight is 165 g/mol. The van der Waals surface area contributed by atoms with Gasteiger partial charge in [-0.1, -0.05) is 0 Å². The fourth-order valence-corrected chi connectivity index (χ4v) is 0.844. The van der Waals surface area contributed by atoms with E-state index < -0.39 is 10.0 Å². The van der Waals surface area contributed by atoms with Gasteiger partial charge >= 0.3 is 0 Å². The number of hydrogen-bond acceptors (Lipinski definition) is 3. The number of nitrogens with one attached hydrogen (secondary N) is 2. The van der Waals surface area contributed by atoms with E-state index in [1.165, 1.54) is 0 Å². The largest absolute Gasteiger partial charge is 0.388 e. The van der Waals surface area contributed by atoms with E-state index in [9.17, 15) is 8.42 Å². The van der Waals surface area contributed by atoms with Gasteiger partial charge in [0.15, 0.2) is 0 Å². The first kappa shape index (κ1) is 9.38. The standard InChI is InChI=1S/C4H11N3O2S/c1-10(8,9)7-3-2-4(5)6/h7H,2-3H2,1H3,(H3,5,6). The molecule has 0 atom stereocenters. The Labute approximate surface area is 60.2 Å². The van der Waals surface area contributed by atoms with Gasteiger partial charge in [0.2, 0.25) is 10.0 Å². The van der Waals surface area contributed by atoms with Gasteiger partial charge in [0.1, 0.15) is 0 Å². The van der Waals surface area contributed by atoms with Crippen LogP contribution in [0.15, 0.2) is 0 Å². The van der Waals surface area contributed by atoms with Gasteiger partial charge in [-0.2, -0.15) is 0 Å². The van der Waals surface area contributed by atoms with Crippen molar-refractivity contribution in [3.8, 4) is 0 Å². The molecule has 6 heteroatoms. The summed E-state index contributed by atoms with van der Waals surface area (Å²) in [5.74, 6) is -0.0175. The zero-order valence-corrected chi connectivity index (χ0v) is 6.53. The number of sulfonamides is 1.